The number of H-pyrrole nitrogens is 1. The van der Waals surface area contributed by atoms with Crippen LogP contribution in [0, 0.1) is 0 Å². The number of alkyl carbamates (subject to hydrolysis) is 1. The topological polar surface area (TPSA) is 149 Å². The molecule has 1 amide bonds. The van der Waals surface area contributed by atoms with Crippen molar-refractivity contribution in [2.75, 3.05) is 39.1 Å². The van der Waals surface area contributed by atoms with Crippen molar-refractivity contribution in [3.63, 3.8) is 0 Å². The lowest BCUT2D eigenvalue weighted by atomic mass is 10.0. The number of piperidine rings is 1. The van der Waals surface area contributed by atoms with Crippen molar-refractivity contribution in [2.24, 2.45) is 0 Å². The van der Waals surface area contributed by atoms with Crippen molar-refractivity contribution in [3.8, 4) is 0 Å². The maximum atomic E-state index is 13.0. The number of anilines is 1. The van der Waals surface area contributed by atoms with Crippen LogP contribution in [0.15, 0.2) is 9.59 Å². The number of methoxy groups -OCH3 is 1. The van der Waals surface area contributed by atoms with Gasteiger partial charge in [-0.05, 0) is 40.2 Å². The van der Waals surface area contributed by atoms with E-state index in [4.69, 9.17) is 15.2 Å². The fourth-order valence-electron chi connectivity index (χ4n) is 3.54. The van der Waals surface area contributed by atoms with Crippen LogP contribution in [-0.4, -0.2) is 71.3 Å². The molecule has 4 N–H and O–H groups in total. The van der Waals surface area contributed by atoms with E-state index in [0.29, 0.717) is 13.1 Å². The number of aromatic nitrogens is 2. The zero-order valence-electron chi connectivity index (χ0n) is 18.7. The molecule has 0 spiro atoms. The summed E-state index contributed by atoms with van der Waals surface area (Å²) in [6, 6.07) is -0.0788. The predicted molar refractivity (Wildman–Crippen MR) is 115 cm³/mol. The van der Waals surface area contributed by atoms with E-state index in [1.807, 2.05) is 4.90 Å². The Balaban J connectivity index is 2.13. The van der Waals surface area contributed by atoms with Gasteiger partial charge in [-0.15, -0.1) is 0 Å². The highest BCUT2D eigenvalue weighted by Crippen LogP contribution is 2.18. The zero-order valence-corrected chi connectivity index (χ0v) is 18.7. The zero-order chi connectivity index (χ0) is 23.2. The van der Waals surface area contributed by atoms with E-state index in [-0.39, 0.29) is 37.1 Å². The van der Waals surface area contributed by atoms with Gasteiger partial charge in [0.25, 0.3) is 5.56 Å². The van der Waals surface area contributed by atoms with E-state index in [1.54, 1.807) is 20.8 Å². The molecule has 0 saturated carbocycles. The van der Waals surface area contributed by atoms with Crippen LogP contribution < -0.4 is 22.3 Å². The Hall–Kier alpha value is -2.66. The summed E-state index contributed by atoms with van der Waals surface area (Å²) < 4.78 is 11.3. The first-order valence-electron chi connectivity index (χ1n) is 10.4. The monoisotopic (exact) mass is 439 g/mol. The summed E-state index contributed by atoms with van der Waals surface area (Å²) in [6.45, 7) is 6.59. The lowest BCUT2D eigenvalue weighted by molar-refractivity contribution is 0.0495. The molecule has 0 radical (unpaired) electrons. The van der Waals surface area contributed by atoms with E-state index in [0.717, 1.165) is 23.8 Å². The summed E-state index contributed by atoms with van der Waals surface area (Å²) in [7, 11) is 1.47. The number of nitrogen functional groups attached to an aromatic ring is 1. The second kappa shape index (κ2) is 10.6. The SMILES string of the molecule is COCCn1c(N)c(C(=O)CN2CCCCC2CNC(=O)OC(C)(C)C)c(=O)[nH]c1=O. The molecule has 0 aromatic carbocycles. The second-order valence-electron chi connectivity index (χ2n) is 8.59. The Morgan fingerprint density at radius 2 is 1.97 bits per heavy atom. The Morgan fingerprint density at radius 1 is 1.26 bits per heavy atom. The minimum atomic E-state index is -0.804. The highest BCUT2D eigenvalue weighted by atomic mass is 16.6. The van der Waals surface area contributed by atoms with Crippen LogP contribution in [0.25, 0.3) is 0 Å². The number of hydrogen-bond acceptors (Lipinski definition) is 8. The minimum Gasteiger partial charge on any atom is -0.444 e. The summed E-state index contributed by atoms with van der Waals surface area (Å²) in [5, 5.41) is 2.75. The number of aromatic amines is 1. The van der Waals surface area contributed by atoms with Crippen molar-refractivity contribution < 1.29 is 19.1 Å². The van der Waals surface area contributed by atoms with Crippen molar-refractivity contribution in [2.45, 2.75) is 58.2 Å². The normalized spacial score (nSPS) is 17.4. The number of ether oxygens (including phenoxy) is 2. The molecule has 31 heavy (non-hydrogen) atoms. The van der Waals surface area contributed by atoms with Crippen molar-refractivity contribution in [3.05, 3.63) is 26.4 Å². The number of nitrogens with zero attached hydrogens (tertiary/aromatic N) is 2. The van der Waals surface area contributed by atoms with Gasteiger partial charge >= 0.3 is 11.8 Å². The number of hydrogen-bond donors (Lipinski definition) is 3. The molecule has 0 aliphatic carbocycles. The van der Waals surface area contributed by atoms with Gasteiger partial charge in [-0.3, -0.25) is 24.0 Å². The van der Waals surface area contributed by atoms with Crippen molar-refractivity contribution >= 4 is 17.7 Å². The summed E-state index contributed by atoms with van der Waals surface area (Å²) in [6.07, 6.45) is 2.14. The number of Topliss-reactive ketones (excluding diaryl/α,β-unsaturated/α-hetero) is 1. The lowest BCUT2D eigenvalue weighted by Crippen LogP contribution is -2.49. The molecule has 1 saturated heterocycles. The van der Waals surface area contributed by atoms with Gasteiger partial charge in [0.05, 0.1) is 19.7 Å². The van der Waals surface area contributed by atoms with Crippen LogP contribution >= 0.6 is 0 Å². The highest BCUT2D eigenvalue weighted by molar-refractivity contribution is 6.01. The third kappa shape index (κ3) is 6.93. The summed E-state index contributed by atoms with van der Waals surface area (Å²) in [5.41, 5.74) is 3.67. The first-order chi connectivity index (χ1) is 14.5. The van der Waals surface area contributed by atoms with Gasteiger partial charge in [0.2, 0.25) is 0 Å². The molecular formula is C20H33N5O6. The van der Waals surface area contributed by atoms with E-state index < -0.39 is 28.7 Å². The van der Waals surface area contributed by atoms with Gasteiger partial charge in [-0.2, -0.15) is 0 Å². The third-order valence-corrected chi connectivity index (χ3v) is 5.01. The molecule has 174 valence electrons. The Bertz CT molecular complexity index is 901. The van der Waals surface area contributed by atoms with Crippen LogP contribution in [-0.2, 0) is 16.0 Å². The molecule has 11 nitrogen and oxygen atoms in total. The maximum Gasteiger partial charge on any atom is 0.407 e. The predicted octanol–water partition coefficient (Wildman–Crippen LogP) is 0.327. The summed E-state index contributed by atoms with van der Waals surface area (Å²) >= 11 is 0. The average Bonchev–Trinajstić information content (AvgIpc) is 2.65. The van der Waals surface area contributed by atoms with Gasteiger partial charge in [0.1, 0.15) is 17.0 Å². The van der Waals surface area contributed by atoms with Crippen LogP contribution in [0.1, 0.15) is 50.4 Å². The van der Waals surface area contributed by atoms with Gasteiger partial charge < -0.3 is 20.5 Å². The quantitative estimate of drug-likeness (QED) is 0.491. The smallest absolute Gasteiger partial charge is 0.407 e. The van der Waals surface area contributed by atoms with Crippen molar-refractivity contribution in [1.82, 2.24) is 19.8 Å². The molecule has 1 aromatic heterocycles. The van der Waals surface area contributed by atoms with E-state index >= 15 is 0 Å². The largest absolute Gasteiger partial charge is 0.444 e. The Kier molecular flexibility index (Phi) is 8.40. The van der Waals surface area contributed by atoms with Gasteiger partial charge in [0, 0.05) is 19.7 Å². The Morgan fingerprint density at radius 3 is 2.61 bits per heavy atom. The lowest BCUT2D eigenvalue weighted by Gasteiger charge is -2.35. The van der Waals surface area contributed by atoms with Crippen LogP contribution in [0.5, 0.6) is 0 Å². The first-order valence-corrected chi connectivity index (χ1v) is 10.4. The summed E-state index contributed by atoms with van der Waals surface area (Å²) in [4.78, 5) is 53.3. The van der Waals surface area contributed by atoms with Crippen LogP contribution in [0.4, 0.5) is 10.6 Å². The first kappa shape index (κ1) is 24.6. The number of carbonyl (C=O) groups excluding carboxylic acids is 2. The molecular weight excluding hydrogens is 406 g/mol. The molecule has 2 rings (SSSR count). The van der Waals surface area contributed by atoms with Gasteiger partial charge in [0.15, 0.2) is 5.78 Å². The molecule has 1 aromatic rings. The average molecular weight is 440 g/mol. The fraction of sp³-hybridized carbons (Fsp3) is 0.700. The molecule has 1 aliphatic heterocycles. The standard InChI is InChI=1S/C20H33N5O6/c1-20(2,3)31-19(29)22-11-13-7-5-6-8-24(13)12-14(26)15-16(21)25(9-10-30-4)18(28)23-17(15)27/h13H,5-12,21H2,1-4H3,(H,22,29)(H,23,27,28). The summed E-state index contributed by atoms with van der Waals surface area (Å²) in [5.74, 6) is -0.648. The molecule has 1 atom stereocenters. The van der Waals surface area contributed by atoms with Crippen molar-refractivity contribution in [1.29, 1.82) is 0 Å². The number of ketones is 1. The number of carbonyl (C=O) groups is 2. The molecule has 1 unspecified atom stereocenters. The Labute approximate surface area is 180 Å². The van der Waals surface area contributed by atoms with Crippen LogP contribution in [0.3, 0.4) is 0 Å². The molecule has 0 bridgehead atoms. The van der Waals surface area contributed by atoms with Crippen LogP contribution in [0.2, 0.25) is 0 Å². The number of nitrogens with one attached hydrogen (secondary N) is 2. The second-order valence-corrected chi connectivity index (χ2v) is 8.59. The molecule has 2 heterocycles. The maximum absolute atomic E-state index is 13.0. The number of rotatable bonds is 8. The van der Waals surface area contributed by atoms with Gasteiger partial charge in [-0.25, -0.2) is 9.59 Å². The van der Waals surface area contributed by atoms with E-state index in [9.17, 15) is 19.2 Å². The molecule has 1 fully saturated rings. The molecule has 1 aliphatic rings. The van der Waals surface area contributed by atoms with E-state index in [1.165, 1.54) is 7.11 Å². The number of amides is 1. The third-order valence-electron chi connectivity index (χ3n) is 5.01. The van der Waals surface area contributed by atoms with E-state index in [2.05, 4.69) is 10.3 Å². The highest BCUT2D eigenvalue weighted by Gasteiger charge is 2.28. The number of nitrogens with two attached hydrogens (primary N) is 1. The fourth-order valence-corrected chi connectivity index (χ4v) is 3.54. The molecule has 11 heteroatoms. The minimum absolute atomic E-state index is 0.0452. The number of likely N-dealkylation sites (tertiary alicyclic amines) is 1. The van der Waals surface area contributed by atoms with Gasteiger partial charge in [-0.1, -0.05) is 6.42 Å².